The van der Waals surface area contributed by atoms with E-state index in [4.69, 9.17) is 4.52 Å². The van der Waals surface area contributed by atoms with E-state index in [1.165, 1.54) is 10.9 Å². The minimum atomic E-state index is -0.344. The number of nitrogens with one attached hydrogen (secondary N) is 1. The minimum absolute atomic E-state index is 0.0550. The highest BCUT2D eigenvalue weighted by molar-refractivity contribution is 5.89. The SMILES string of the molecule is Cc1cc(NC(=O)Cn2cc(C=O)nn2)on1. The van der Waals surface area contributed by atoms with Crippen molar-refractivity contribution in [3.05, 3.63) is 23.7 Å². The third-order valence-electron chi connectivity index (χ3n) is 1.87. The van der Waals surface area contributed by atoms with Crippen LogP contribution in [-0.2, 0) is 11.3 Å². The highest BCUT2D eigenvalue weighted by Crippen LogP contribution is 2.07. The van der Waals surface area contributed by atoms with Gasteiger partial charge in [0.2, 0.25) is 11.8 Å². The summed E-state index contributed by atoms with van der Waals surface area (Å²) in [6.45, 7) is 1.69. The molecule has 88 valence electrons. The van der Waals surface area contributed by atoms with E-state index in [1.54, 1.807) is 13.0 Å². The number of hydrogen-bond acceptors (Lipinski definition) is 6. The van der Waals surface area contributed by atoms with Crippen LogP contribution in [0.4, 0.5) is 5.88 Å². The van der Waals surface area contributed by atoms with Crippen LogP contribution in [-0.4, -0.2) is 32.3 Å². The molecule has 0 radical (unpaired) electrons. The number of rotatable bonds is 4. The molecule has 17 heavy (non-hydrogen) atoms. The lowest BCUT2D eigenvalue weighted by molar-refractivity contribution is -0.117. The molecule has 0 fully saturated rings. The van der Waals surface area contributed by atoms with Crippen LogP contribution in [0.15, 0.2) is 16.8 Å². The molecule has 1 amide bonds. The van der Waals surface area contributed by atoms with Crippen molar-refractivity contribution < 1.29 is 14.1 Å². The van der Waals surface area contributed by atoms with E-state index in [2.05, 4.69) is 20.8 Å². The lowest BCUT2D eigenvalue weighted by atomic mass is 10.4. The second-order valence-electron chi connectivity index (χ2n) is 3.34. The monoisotopic (exact) mass is 235 g/mol. The van der Waals surface area contributed by atoms with Crippen LogP contribution < -0.4 is 5.32 Å². The Morgan fingerprint density at radius 2 is 2.47 bits per heavy atom. The molecule has 0 atom stereocenters. The summed E-state index contributed by atoms with van der Waals surface area (Å²) >= 11 is 0. The Bertz CT molecular complexity index is 544. The maximum Gasteiger partial charge on any atom is 0.248 e. The largest absolute Gasteiger partial charge is 0.338 e. The smallest absolute Gasteiger partial charge is 0.248 e. The fourth-order valence-corrected chi connectivity index (χ4v) is 1.19. The van der Waals surface area contributed by atoms with Gasteiger partial charge in [0.15, 0.2) is 6.29 Å². The maximum atomic E-state index is 11.5. The summed E-state index contributed by atoms with van der Waals surface area (Å²) in [6, 6.07) is 1.59. The van der Waals surface area contributed by atoms with Gasteiger partial charge >= 0.3 is 0 Å². The molecule has 0 unspecified atom stereocenters. The summed E-state index contributed by atoms with van der Waals surface area (Å²) in [5, 5.41) is 13.2. The van der Waals surface area contributed by atoms with E-state index in [0.717, 1.165) is 0 Å². The highest BCUT2D eigenvalue weighted by atomic mass is 16.5. The number of anilines is 1. The van der Waals surface area contributed by atoms with Gasteiger partial charge in [-0.1, -0.05) is 10.4 Å². The average molecular weight is 235 g/mol. The van der Waals surface area contributed by atoms with Crippen molar-refractivity contribution in [1.29, 1.82) is 0 Å². The molecule has 0 aliphatic heterocycles. The van der Waals surface area contributed by atoms with Gasteiger partial charge in [0, 0.05) is 6.07 Å². The molecular formula is C9H9N5O3. The van der Waals surface area contributed by atoms with Gasteiger partial charge in [-0.25, -0.2) is 4.68 Å². The van der Waals surface area contributed by atoms with Crippen LogP contribution in [0.2, 0.25) is 0 Å². The second-order valence-corrected chi connectivity index (χ2v) is 3.34. The lowest BCUT2D eigenvalue weighted by Gasteiger charge is -1.99. The van der Waals surface area contributed by atoms with Crippen LogP contribution in [0.25, 0.3) is 0 Å². The molecule has 0 aromatic carbocycles. The second kappa shape index (κ2) is 4.56. The summed E-state index contributed by atoms with van der Waals surface area (Å²) < 4.78 is 6.07. The van der Waals surface area contributed by atoms with E-state index in [-0.39, 0.29) is 24.0 Å². The van der Waals surface area contributed by atoms with E-state index in [1.807, 2.05) is 0 Å². The molecule has 2 rings (SSSR count). The van der Waals surface area contributed by atoms with Gasteiger partial charge in [0.1, 0.15) is 12.2 Å². The number of amides is 1. The zero-order valence-electron chi connectivity index (χ0n) is 8.95. The van der Waals surface area contributed by atoms with Crippen molar-refractivity contribution in [3.8, 4) is 0 Å². The molecule has 2 aromatic rings. The van der Waals surface area contributed by atoms with E-state index < -0.39 is 0 Å². The Hall–Kier alpha value is -2.51. The molecule has 0 saturated carbocycles. The molecule has 0 aliphatic rings. The van der Waals surface area contributed by atoms with Gasteiger partial charge in [0.25, 0.3) is 0 Å². The molecule has 2 heterocycles. The fourth-order valence-electron chi connectivity index (χ4n) is 1.19. The van der Waals surface area contributed by atoms with Crippen LogP contribution in [0.5, 0.6) is 0 Å². The number of carbonyl (C=O) groups is 2. The fraction of sp³-hybridized carbons (Fsp3) is 0.222. The Morgan fingerprint density at radius 1 is 1.65 bits per heavy atom. The topological polar surface area (TPSA) is 103 Å². The molecule has 2 aromatic heterocycles. The van der Waals surface area contributed by atoms with E-state index >= 15 is 0 Å². The molecular weight excluding hydrogens is 226 g/mol. The molecule has 1 N–H and O–H groups in total. The van der Waals surface area contributed by atoms with Gasteiger partial charge in [-0.05, 0) is 6.92 Å². The Labute approximate surface area is 95.6 Å². The summed E-state index contributed by atoms with van der Waals surface area (Å²) in [5.74, 6) is -0.0771. The first-order chi connectivity index (χ1) is 8.17. The predicted molar refractivity (Wildman–Crippen MR) is 55.3 cm³/mol. The predicted octanol–water partition coefficient (Wildman–Crippen LogP) is 0.0257. The van der Waals surface area contributed by atoms with Crippen LogP contribution in [0, 0.1) is 6.92 Å². The number of hydrogen-bond donors (Lipinski definition) is 1. The van der Waals surface area contributed by atoms with Gasteiger partial charge in [-0.2, -0.15) is 0 Å². The molecule has 0 saturated heterocycles. The lowest BCUT2D eigenvalue weighted by Crippen LogP contribution is -2.18. The first-order valence-electron chi connectivity index (χ1n) is 4.76. The van der Waals surface area contributed by atoms with Crippen molar-refractivity contribution >= 4 is 18.1 Å². The van der Waals surface area contributed by atoms with Gasteiger partial charge in [-0.15, -0.1) is 5.10 Å². The van der Waals surface area contributed by atoms with Crippen LogP contribution >= 0.6 is 0 Å². The standard InChI is InChI=1S/C9H9N5O3/c1-6-2-9(17-12-6)10-8(16)4-14-3-7(5-15)11-13-14/h2-3,5H,4H2,1H3,(H,10,16). The first kappa shape index (κ1) is 11.0. The Morgan fingerprint density at radius 3 is 3.06 bits per heavy atom. The van der Waals surface area contributed by atoms with Crippen LogP contribution in [0.1, 0.15) is 16.2 Å². The number of aryl methyl sites for hydroxylation is 1. The van der Waals surface area contributed by atoms with Gasteiger partial charge < -0.3 is 4.52 Å². The zero-order valence-corrected chi connectivity index (χ0v) is 8.95. The van der Waals surface area contributed by atoms with Gasteiger partial charge in [-0.3, -0.25) is 14.9 Å². The van der Waals surface area contributed by atoms with Crippen molar-refractivity contribution in [1.82, 2.24) is 20.2 Å². The number of nitrogens with zero attached hydrogens (tertiary/aromatic N) is 4. The van der Waals surface area contributed by atoms with Crippen LogP contribution in [0.3, 0.4) is 0 Å². The molecule has 0 aliphatic carbocycles. The summed E-state index contributed by atoms with van der Waals surface area (Å²) in [7, 11) is 0. The van der Waals surface area contributed by atoms with Crippen molar-refractivity contribution in [2.75, 3.05) is 5.32 Å². The molecule has 8 nitrogen and oxygen atoms in total. The Balaban J connectivity index is 1.95. The third kappa shape index (κ3) is 2.74. The number of aldehydes is 1. The van der Waals surface area contributed by atoms with E-state index in [0.29, 0.717) is 12.0 Å². The maximum absolute atomic E-state index is 11.5. The van der Waals surface area contributed by atoms with E-state index in [9.17, 15) is 9.59 Å². The quantitative estimate of drug-likeness (QED) is 0.749. The summed E-state index contributed by atoms with van der Waals surface area (Å²) in [5.41, 5.74) is 0.845. The Kier molecular flexibility index (Phi) is 2.95. The molecule has 0 bridgehead atoms. The first-order valence-corrected chi connectivity index (χ1v) is 4.76. The van der Waals surface area contributed by atoms with Gasteiger partial charge in [0.05, 0.1) is 11.9 Å². The molecule has 0 spiro atoms. The van der Waals surface area contributed by atoms with Crippen molar-refractivity contribution in [3.63, 3.8) is 0 Å². The minimum Gasteiger partial charge on any atom is -0.338 e. The molecule has 8 heteroatoms. The number of aromatic nitrogens is 4. The highest BCUT2D eigenvalue weighted by Gasteiger charge is 2.08. The number of carbonyl (C=O) groups excluding carboxylic acids is 2. The summed E-state index contributed by atoms with van der Waals surface area (Å²) in [6.07, 6.45) is 1.93. The van der Waals surface area contributed by atoms with Crippen molar-refractivity contribution in [2.24, 2.45) is 0 Å². The average Bonchev–Trinajstić information content (AvgIpc) is 2.88. The normalized spacial score (nSPS) is 10.2. The third-order valence-corrected chi connectivity index (χ3v) is 1.87. The zero-order chi connectivity index (χ0) is 12.3. The summed E-state index contributed by atoms with van der Waals surface area (Å²) in [4.78, 5) is 21.9. The van der Waals surface area contributed by atoms with Crippen molar-refractivity contribution in [2.45, 2.75) is 13.5 Å².